The summed E-state index contributed by atoms with van der Waals surface area (Å²) in [4.78, 5) is 30.7. The lowest BCUT2D eigenvalue weighted by Crippen LogP contribution is -2.50. The summed E-state index contributed by atoms with van der Waals surface area (Å²) in [5.74, 6) is -0.203. The van der Waals surface area contributed by atoms with Crippen LogP contribution in [0.2, 0.25) is 5.02 Å². The van der Waals surface area contributed by atoms with Crippen LogP contribution in [-0.4, -0.2) is 54.3 Å². The predicted octanol–water partition coefficient (Wildman–Crippen LogP) is 4.80. The molecule has 0 radical (unpaired) electrons. The second kappa shape index (κ2) is 9.23. The molecule has 1 aliphatic rings. The van der Waals surface area contributed by atoms with E-state index in [0.29, 0.717) is 42.5 Å². The lowest BCUT2D eigenvalue weighted by molar-refractivity contribution is -0.126. The third kappa shape index (κ3) is 4.01. The van der Waals surface area contributed by atoms with Crippen LogP contribution in [0, 0.1) is 0 Å². The van der Waals surface area contributed by atoms with Gasteiger partial charge in [0.1, 0.15) is 11.4 Å². The minimum Gasteiger partial charge on any atom is -0.495 e. The van der Waals surface area contributed by atoms with Gasteiger partial charge in [-0.1, -0.05) is 41.9 Å². The number of pyridine rings is 1. The van der Waals surface area contributed by atoms with Crippen molar-refractivity contribution in [1.82, 2.24) is 9.30 Å². The fourth-order valence-electron chi connectivity index (χ4n) is 4.49. The number of nitrogens with zero attached hydrogens (tertiary/aromatic N) is 3. The van der Waals surface area contributed by atoms with Gasteiger partial charge in [-0.2, -0.15) is 0 Å². The SMILES string of the molecule is COc1ccccc1N1CCN(C(=O)C(=O)c2c(-c3ccc(Cl)cc3)cc3ccccn23)CC1. The van der Waals surface area contributed by atoms with Gasteiger partial charge in [-0.3, -0.25) is 9.59 Å². The highest BCUT2D eigenvalue weighted by Gasteiger charge is 2.31. The van der Waals surface area contributed by atoms with Crippen molar-refractivity contribution in [3.8, 4) is 16.9 Å². The molecular formula is C27H24ClN3O3. The van der Waals surface area contributed by atoms with Gasteiger partial charge in [-0.05, 0) is 48.0 Å². The van der Waals surface area contributed by atoms with Crippen molar-refractivity contribution in [2.45, 2.75) is 0 Å². The summed E-state index contributed by atoms with van der Waals surface area (Å²) in [6, 6.07) is 22.7. The third-order valence-corrected chi connectivity index (χ3v) is 6.49. The first-order valence-electron chi connectivity index (χ1n) is 11.1. The molecule has 0 spiro atoms. The number of Topliss-reactive ketones (excluding diaryl/α,β-unsaturated/α-hetero) is 1. The maximum absolute atomic E-state index is 13.6. The molecule has 5 rings (SSSR count). The van der Waals surface area contributed by atoms with Crippen LogP contribution in [-0.2, 0) is 4.79 Å². The number of rotatable bonds is 5. The molecule has 1 amide bonds. The molecule has 0 bridgehead atoms. The second-order valence-corrected chi connectivity index (χ2v) is 8.63. The number of methoxy groups -OCH3 is 1. The lowest BCUT2D eigenvalue weighted by Gasteiger charge is -2.36. The highest BCUT2D eigenvalue weighted by atomic mass is 35.5. The number of benzene rings is 2. The minimum absolute atomic E-state index is 0.370. The van der Waals surface area contributed by atoms with E-state index < -0.39 is 11.7 Å². The van der Waals surface area contributed by atoms with Crippen LogP contribution in [0.4, 0.5) is 5.69 Å². The van der Waals surface area contributed by atoms with Crippen LogP contribution in [0.5, 0.6) is 5.75 Å². The Morgan fingerprint density at radius 2 is 1.59 bits per heavy atom. The van der Waals surface area contributed by atoms with E-state index in [1.54, 1.807) is 28.5 Å². The molecule has 1 saturated heterocycles. The van der Waals surface area contributed by atoms with Gasteiger partial charge in [-0.15, -0.1) is 0 Å². The van der Waals surface area contributed by atoms with Crippen LogP contribution >= 0.6 is 11.6 Å². The van der Waals surface area contributed by atoms with Gasteiger partial charge in [0, 0.05) is 48.5 Å². The van der Waals surface area contributed by atoms with E-state index >= 15 is 0 Å². The molecule has 1 fully saturated rings. The number of ketones is 1. The van der Waals surface area contributed by atoms with Crippen molar-refractivity contribution in [2.24, 2.45) is 0 Å². The summed E-state index contributed by atoms with van der Waals surface area (Å²) >= 11 is 6.06. The van der Waals surface area contributed by atoms with Crippen molar-refractivity contribution >= 4 is 34.5 Å². The van der Waals surface area contributed by atoms with Crippen LogP contribution in [0.1, 0.15) is 10.5 Å². The molecule has 6 nitrogen and oxygen atoms in total. The Morgan fingerprint density at radius 1 is 0.882 bits per heavy atom. The normalized spacial score (nSPS) is 13.8. The number of hydrogen-bond donors (Lipinski definition) is 0. The first-order valence-corrected chi connectivity index (χ1v) is 11.5. The molecule has 0 unspecified atom stereocenters. The molecule has 34 heavy (non-hydrogen) atoms. The number of piperazine rings is 1. The molecule has 2 aromatic carbocycles. The number of ether oxygens (including phenoxy) is 1. The zero-order valence-electron chi connectivity index (χ0n) is 18.8. The Hall–Kier alpha value is -3.77. The Morgan fingerprint density at radius 3 is 2.32 bits per heavy atom. The topological polar surface area (TPSA) is 54.3 Å². The molecule has 2 aromatic heterocycles. The van der Waals surface area contributed by atoms with Crippen LogP contribution < -0.4 is 9.64 Å². The Kier molecular flexibility index (Phi) is 5.99. The summed E-state index contributed by atoms with van der Waals surface area (Å²) in [6.45, 7) is 2.17. The molecule has 0 atom stereocenters. The van der Waals surface area contributed by atoms with Gasteiger partial charge < -0.3 is 18.9 Å². The van der Waals surface area contributed by atoms with E-state index in [9.17, 15) is 9.59 Å². The molecule has 3 heterocycles. The van der Waals surface area contributed by atoms with E-state index in [1.165, 1.54) is 0 Å². The average Bonchev–Trinajstić information content (AvgIpc) is 3.28. The number of halogens is 1. The molecule has 0 aliphatic carbocycles. The second-order valence-electron chi connectivity index (χ2n) is 8.19. The molecule has 0 N–H and O–H groups in total. The molecule has 172 valence electrons. The standard InChI is InChI=1S/C27H24ClN3O3/c1-34-24-8-3-2-7-23(24)29-14-16-30(17-15-29)27(33)26(32)25-22(19-9-11-20(28)12-10-19)18-21-6-4-5-13-31(21)25/h2-13,18H,14-17H2,1H3. The van der Waals surface area contributed by atoms with Gasteiger partial charge in [-0.25, -0.2) is 0 Å². The summed E-state index contributed by atoms with van der Waals surface area (Å²) in [5.41, 5.74) is 3.77. The Labute approximate surface area is 202 Å². The highest BCUT2D eigenvalue weighted by Crippen LogP contribution is 2.31. The fourth-order valence-corrected chi connectivity index (χ4v) is 4.62. The molecule has 1 aliphatic heterocycles. The number of amides is 1. The monoisotopic (exact) mass is 473 g/mol. The van der Waals surface area contributed by atoms with Crippen molar-refractivity contribution in [1.29, 1.82) is 0 Å². The smallest absolute Gasteiger partial charge is 0.296 e. The fraction of sp³-hybridized carbons (Fsp3) is 0.185. The predicted molar refractivity (Wildman–Crippen MR) is 134 cm³/mol. The molecule has 7 heteroatoms. The van der Waals surface area contributed by atoms with Crippen molar-refractivity contribution < 1.29 is 14.3 Å². The van der Waals surface area contributed by atoms with E-state index in [2.05, 4.69) is 4.90 Å². The lowest BCUT2D eigenvalue weighted by atomic mass is 10.0. The zero-order valence-corrected chi connectivity index (χ0v) is 19.5. The first kappa shape index (κ1) is 22.0. The van der Waals surface area contributed by atoms with E-state index in [1.807, 2.05) is 66.9 Å². The number of hydrogen-bond acceptors (Lipinski definition) is 4. The Bertz CT molecular complexity index is 1360. The maximum Gasteiger partial charge on any atom is 0.296 e. The number of para-hydroxylation sites is 2. The third-order valence-electron chi connectivity index (χ3n) is 6.24. The average molecular weight is 474 g/mol. The maximum atomic E-state index is 13.6. The first-order chi connectivity index (χ1) is 16.6. The van der Waals surface area contributed by atoms with Gasteiger partial charge in [0.2, 0.25) is 0 Å². The van der Waals surface area contributed by atoms with E-state index in [4.69, 9.17) is 16.3 Å². The summed E-state index contributed by atoms with van der Waals surface area (Å²) in [7, 11) is 1.65. The summed E-state index contributed by atoms with van der Waals surface area (Å²) in [6.07, 6.45) is 1.81. The molecule has 0 saturated carbocycles. The van der Waals surface area contributed by atoms with E-state index in [-0.39, 0.29) is 0 Å². The summed E-state index contributed by atoms with van der Waals surface area (Å²) < 4.78 is 7.26. The van der Waals surface area contributed by atoms with Crippen molar-refractivity contribution in [3.05, 3.63) is 89.7 Å². The van der Waals surface area contributed by atoms with Crippen LogP contribution in [0.15, 0.2) is 79.0 Å². The van der Waals surface area contributed by atoms with Crippen LogP contribution in [0.25, 0.3) is 16.6 Å². The number of carbonyl (C=O) groups excluding carboxylic acids is 2. The number of aromatic nitrogens is 1. The number of anilines is 1. The Balaban J connectivity index is 1.41. The van der Waals surface area contributed by atoms with Crippen molar-refractivity contribution in [2.75, 3.05) is 38.2 Å². The molecule has 4 aromatic rings. The zero-order chi connectivity index (χ0) is 23.7. The van der Waals surface area contributed by atoms with Gasteiger partial charge >= 0.3 is 0 Å². The van der Waals surface area contributed by atoms with Crippen LogP contribution in [0.3, 0.4) is 0 Å². The van der Waals surface area contributed by atoms with Gasteiger partial charge in [0.05, 0.1) is 12.8 Å². The highest BCUT2D eigenvalue weighted by molar-refractivity contribution is 6.43. The van der Waals surface area contributed by atoms with Gasteiger partial charge in [0.15, 0.2) is 0 Å². The van der Waals surface area contributed by atoms with Crippen molar-refractivity contribution in [3.63, 3.8) is 0 Å². The quantitative estimate of drug-likeness (QED) is 0.308. The minimum atomic E-state index is -0.512. The summed E-state index contributed by atoms with van der Waals surface area (Å²) in [5, 5.41) is 0.615. The molecular weight excluding hydrogens is 450 g/mol. The number of fused-ring (bicyclic) bond motifs is 1. The van der Waals surface area contributed by atoms with Gasteiger partial charge in [0.25, 0.3) is 11.7 Å². The van der Waals surface area contributed by atoms with E-state index in [0.717, 1.165) is 22.5 Å². The number of carbonyl (C=O) groups is 2. The largest absolute Gasteiger partial charge is 0.495 e.